The predicted molar refractivity (Wildman–Crippen MR) is 78.7 cm³/mol. The Balaban J connectivity index is 0.00000162. The second-order valence-electron chi connectivity index (χ2n) is 3.65. The quantitative estimate of drug-likeness (QED) is 0.661. The Kier molecular flexibility index (Phi) is 9.35. The molecule has 19 heavy (non-hydrogen) atoms. The summed E-state index contributed by atoms with van der Waals surface area (Å²) in [6, 6.07) is 7.74. The van der Waals surface area contributed by atoms with Crippen molar-refractivity contribution in [2.45, 2.75) is 6.54 Å². The summed E-state index contributed by atoms with van der Waals surface area (Å²) in [6.45, 7) is 0.767. The first-order valence-corrected chi connectivity index (χ1v) is 5.20. The van der Waals surface area contributed by atoms with Crippen LogP contribution in [0.1, 0.15) is 11.1 Å². The molecule has 0 fully saturated rings. The molecule has 0 radical (unpaired) electrons. The Morgan fingerprint density at radius 2 is 1.95 bits per heavy atom. The number of benzene rings is 1. The van der Waals surface area contributed by atoms with E-state index in [0.717, 1.165) is 23.7 Å². The zero-order chi connectivity index (χ0) is 12.1. The third-order valence-corrected chi connectivity index (χ3v) is 2.32. The molecule has 0 unspecified atom stereocenters. The maximum absolute atomic E-state index is 10.4. The molecule has 0 amide bonds. The average molecular weight is 276 g/mol. The monoisotopic (exact) mass is 276 g/mol. The number of hydrogen-bond acceptors (Lipinski definition) is 2. The van der Waals surface area contributed by atoms with E-state index in [1.54, 1.807) is 18.6 Å². The van der Waals surface area contributed by atoms with E-state index in [1.165, 1.54) is 0 Å². The molecule has 0 aliphatic carbocycles. The number of rotatable bonds is 4. The molecule has 1 aromatic heterocycles. The first-order chi connectivity index (χ1) is 8.24. The van der Waals surface area contributed by atoms with E-state index in [9.17, 15) is 4.79 Å². The Labute approximate surface area is 156 Å². The predicted octanol–water partition coefficient (Wildman–Crippen LogP) is 0.732. The number of nitrogens with zero attached hydrogens (tertiary/aromatic N) is 2. The van der Waals surface area contributed by atoms with Crippen LogP contribution in [0.3, 0.4) is 0 Å². The summed E-state index contributed by atoms with van der Waals surface area (Å²) in [7, 11) is 0. The van der Waals surface area contributed by atoms with Crippen molar-refractivity contribution in [1.82, 2.24) is 9.55 Å². The number of aromatic nitrogens is 2. The Hall–Kier alpha value is -0.360. The van der Waals surface area contributed by atoms with E-state index < -0.39 is 5.97 Å². The van der Waals surface area contributed by atoms with Crippen molar-refractivity contribution in [2.24, 2.45) is 0 Å². The van der Waals surface area contributed by atoms with Gasteiger partial charge in [0.2, 0.25) is 0 Å². The van der Waals surface area contributed by atoms with Crippen LogP contribution in [0.15, 0.2) is 49.1 Å². The van der Waals surface area contributed by atoms with Crippen molar-refractivity contribution in [3.05, 3.63) is 60.2 Å². The molecule has 0 spiro atoms. The molecule has 1 N–H and O–H groups in total. The summed E-state index contributed by atoms with van der Waals surface area (Å²) >= 11 is 0. The third-order valence-electron chi connectivity index (χ3n) is 2.32. The van der Waals surface area contributed by atoms with E-state index >= 15 is 0 Å². The molecule has 2 aromatic rings. The molecule has 6 heteroatoms. The van der Waals surface area contributed by atoms with Crippen molar-refractivity contribution in [3.63, 3.8) is 0 Å². The van der Waals surface area contributed by atoms with Crippen LogP contribution < -0.4 is 0 Å². The molecular formula is C13H14N2Na2O2. The fourth-order valence-corrected chi connectivity index (χ4v) is 1.49. The summed E-state index contributed by atoms with van der Waals surface area (Å²) in [5, 5.41) is 8.50. The molecule has 0 saturated heterocycles. The van der Waals surface area contributed by atoms with Crippen LogP contribution in [-0.2, 0) is 11.3 Å². The van der Waals surface area contributed by atoms with Gasteiger partial charge in [0.15, 0.2) is 0 Å². The average Bonchev–Trinajstić information content (AvgIpc) is 2.81. The van der Waals surface area contributed by atoms with Gasteiger partial charge in [-0.05, 0) is 17.2 Å². The van der Waals surface area contributed by atoms with Gasteiger partial charge in [-0.3, -0.25) is 0 Å². The van der Waals surface area contributed by atoms with Gasteiger partial charge >= 0.3 is 65.1 Å². The molecule has 0 bridgehead atoms. The standard InChI is InChI=1S/C13H12N2O2.2Na.2H/c16-13(17)6-5-11-1-3-12(4-2-11)9-15-8-7-14-10-15;;;;/h1-8,10H,9H2,(H,16,17);;;;/b6-5+;;;;. The minimum absolute atomic E-state index is 0. The molecular weight excluding hydrogens is 262 g/mol. The topological polar surface area (TPSA) is 55.1 Å². The molecule has 0 aliphatic rings. The number of carboxylic acid groups (broad SMARTS) is 1. The minimum atomic E-state index is -0.938. The normalized spacial score (nSPS) is 9.68. The van der Waals surface area contributed by atoms with Gasteiger partial charge in [0.1, 0.15) is 0 Å². The van der Waals surface area contributed by atoms with Crippen LogP contribution in [-0.4, -0.2) is 79.7 Å². The van der Waals surface area contributed by atoms with Crippen LogP contribution in [0.25, 0.3) is 6.08 Å². The molecule has 90 valence electrons. The second kappa shape index (κ2) is 9.53. The van der Waals surface area contributed by atoms with Gasteiger partial charge < -0.3 is 9.67 Å². The van der Waals surface area contributed by atoms with Crippen LogP contribution in [0.2, 0.25) is 0 Å². The first kappa shape index (κ1) is 18.6. The van der Waals surface area contributed by atoms with E-state index in [0.29, 0.717) is 0 Å². The van der Waals surface area contributed by atoms with E-state index in [-0.39, 0.29) is 59.1 Å². The van der Waals surface area contributed by atoms with Crippen molar-refractivity contribution in [3.8, 4) is 0 Å². The summed E-state index contributed by atoms with van der Waals surface area (Å²) in [5.74, 6) is -0.938. The molecule has 1 heterocycles. The van der Waals surface area contributed by atoms with Crippen molar-refractivity contribution < 1.29 is 9.90 Å². The Bertz CT molecular complexity index is 522. The van der Waals surface area contributed by atoms with Crippen LogP contribution in [0.5, 0.6) is 0 Å². The molecule has 0 atom stereocenters. The molecule has 0 saturated carbocycles. The number of carboxylic acids is 1. The number of aliphatic carboxylic acids is 1. The van der Waals surface area contributed by atoms with Crippen LogP contribution >= 0.6 is 0 Å². The van der Waals surface area contributed by atoms with Crippen LogP contribution in [0.4, 0.5) is 0 Å². The molecule has 4 nitrogen and oxygen atoms in total. The van der Waals surface area contributed by atoms with Gasteiger partial charge in [0, 0.05) is 25.0 Å². The zero-order valence-corrected chi connectivity index (χ0v) is 9.15. The van der Waals surface area contributed by atoms with Gasteiger partial charge in [-0.25, -0.2) is 9.78 Å². The SMILES string of the molecule is O=C(O)/C=C/c1ccc(Cn2ccnc2)cc1.[NaH].[NaH]. The van der Waals surface area contributed by atoms with Crippen molar-refractivity contribution in [1.29, 1.82) is 0 Å². The molecule has 2 rings (SSSR count). The first-order valence-electron chi connectivity index (χ1n) is 5.20. The third kappa shape index (κ3) is 6.56. The van der Waals surface area contributed by atoms with Gasteiger partial charge in [0.25, 0.3) is 0 Å². The van der Waals surface area contributed by atoms with Crippen LogP contribution in [0, 0.1) is 0 Å². The Morgan fingerprint density at radius 1 is 1.26 bits per heavy atom. The number of hydrogen-bond donors (Lipinski definition) is 1. The van der Waals surface area contributed by atoms with Crippen molar-refractivity contribution in [2.75, 3.05) is 0 Å². The molecule has 1 aromatic carbocycles. The summed E-state index contributed by atoms with van der Waals surface area (Å²) in [6.07, 6.45) is 8.11. The van der Waals surface area contributed by atoms with Gasteiger partial charge in [-0.15, -0.1) is 0 Å². The van der Waals surface area contributed by atoms with E-state index in [4.69, 9.17) is 5.11 Å². The summed E-state index contributed by atoms with van der Waals surface area (Å²) < 4.78 is 1.97. The van der Waals surface area contributed by atoms with Gasteiger partial charge in [0.05, 0.1) is 6.33 Å². The van der Waals surface area contributed by atoms with E-state index in [2.05, 4.69) is 4.98 Å². The van der Waals surface area contributed by atoms with E-state index in [1.807, 2.05) is 35.0 Å². The molecule has 0 aliphatic heterocycles. The van der Waals surface area contributed by atoms with Crippen molar-refractivity contribution >= 4 is 71.2 Å². The maximum atomic E-state index is 10.4. The van der Waals surface area contributed by atoms with Gasteiger partial charge in [-0.2, -0.15) is 0 Å². The summed E-state index contributed by atoms with van der Waals surface area (Å²) in [4.78, 5) is 14.3. The summed E-state index contributed by atoms with van der Waals surface area (Å²) in [5.41, 5.74) is 2.03. The second-order valence-corrected chi connectivity index (χ2v) is 3.65. The Morgan fingerprint density at radius 3 is 2.47 bits per heavy atom. The van der Waals surface area contributed by atoms with Gasteiger partial charge in [-0.1, -0.05) is 24.3 Å². The fourth-order valence-electron chi connectivity index (χ4n) is 1.49. The zero-order valence-electron chi connectivity index (χ0n) is 9.15. The fraction of sp³-hybridized carbons (Fsp3) is 0.0769. The number of imidazole rings is 1. The number of carbonyl (C=O) groups is 1.